The predicted octanol–water partition coefficient (Wildman–Crippen LogP) is 4.08. The Morgan fingerprint density at radius 1 is 1.06 bits per heavy atom. The van der Waals surface area contributed by atoms with Crippen molar-refractivity contribution in [1.29, 1.82) is 0 Å². The summed E-state index contributed by atoms with van der Waals surface area (Å²) in [7, 11) is 0. The molecule has 1 atom stereocenters. The van der Waals surface area contributed by atoms with Crippen LogP contribution in [-0.4, -0.2) is 35.7 Å². The van der Waals surface area contributed by atoms with E-state index in [0.29, 0.717) is 48.3 Å². The van der Waals surface area contributed by atoms with Crippen LogP contribution >= 0.6 is 11.8 Å². The molecular weight excluding hydrogens is 416 g/mol. The summed E-state index contributed by atoms with van der Waals surface area (Å²) >= 11 is 1.57. The van der Waals surface area contributed by atoms with E-state index in [0.717, 1.165) is 11.3 Å². The normalized spacial score (nSPS) is 17.6. The van der Waals surface area contributed by atoms with Crippen molar-refractivity contribution in [1.82, 2.24) is 4.90 Å². The molecule has 0 bridgehead atoms. The van der Waals surface area contributed by atoms with Gasteiger partial charge in [-0.2, -0.15) is 0 Å². The van der Waals surface area contributed by atoms with Crippen LogP contribution in [0.4, 0.5) is 5.69 Å². The van der Waals surface area contributed by atoms with Gasteiger partial charge in [-0.3, -0.25) is 9.59 Å². The third-order valence-corrected chi connectivity index (χ3v) is 6.39. The molecule has 0 aliphatic carbocycles. The highest BCUT2D eigenvalue weighted by Crippen LogP contribution is 2.39. The lowest BCUT2D eigenvalue weighted by Crippen LogP contribution is -2.27. The van der Waals surface area contributed by atoms with E-state index in [1.807, 2.05) is 24.3 Å². The van der Waals surface area contributed by atoms with Crippen molar-refractivity contribution in [3.8, 4) is 11.5 Å². The molecule has 2 aromatic carbocycles. The van der Waals surface area contributed by atoms with E-state index in [-0.39, 0.29) is 17.2 Å². The van der Waals surface area contributed by atoms with Gasteiger partial charge in [0.05, 0.1) is 18.6 Å². The number of furan rings is 1. The molecule has 3 aromatic rings. The highest BCUT2D eigenvalue weighted by molar-refractivity contribution is 8.00. The van der Waals surface area contributed by atoms with Gasteiger partial charge in [-0.25, -0.2) is 0 Å². The van der Waals surface area contributed by atoms with Gasteiger partial charge in [0, 0.05) is 17.3 Å². The van der Waals surface area contributed by atoms with Gasteiger partial charge in [0.1, 0.15) is 24.3 Å². The molecule has 0 saturated carbocycles. The van der Waals surface area contributed by atoms with Crippen LogP contribution in [0.2, 0.25) is 0 Å². The fourth-order valence-corrected chi connectivity index (χ4v) is 4.78. The van der Waals surface area contributed by atoms with Crippen LogP contribution in [0.15, 0.2) is 65.3 Å². The van der Waals surface area contributed by atoms with Gasteiger partial charge < -0.3 is 24.1 Å². The molecule has 0 radical (unpaired) electrons. The van der Waals surface area contributed by atoms with Crippen LogP contribution in [0.25, 0.3) is 0 Å². The minimum absolute atomic E-state index is 0.0758. The van der Waals surface area contributed by atoms with Gasteiger partial charge in [0.2, 0.25) is 5.91 Å². The summed E-state index contributed by atoms with van der Waals surface area (Å²) in [4.78, 5) is 26.8. The molecule has 31 heavy (non-hydrogen) atoms. The molecule has 1 N–H and O–H groups in total. The maximum Gasteiger partial charge on any atom is 0.255 e. The number of nitrogens with zero attached hydrogens (tertiary/aromatic N) is 1. The first-order chi connectivity index (χ1) is 15.2. The van der Waals surface area contributed by atoms with Gasteiger partial charge in [0.25, 0.3) is 5.91 Å². The number of nitrogens with one attached hydrogen (secondary N) is 1. The fourth-order valence-electron chi connectivity index (χ4n) is 3.60. The summed E-state index contributed by atoms with van der Waals surface area (Å²) in [6, 6.07) is 16.3. The number of ether oxygens (including phenoxy) is 2. The summed E-state index contributed by atoms with van der Waals surface area (Å²) in [5, 5.41) is 2.78. The Balaban J connectivity index is 1.28. The number of rotatable bonds is 5. The van der Waals surface area contributed by atoms with E-state index in [2.05, 4.69) is 5.32 Å². The number of carbonyl (C=O) groups excluding carboxylic acids is 2. The zero-order chi connectivity index (χ0) is 21.2. The molecule has 0 spiro atoms. The molecular formula is C23H20N2O5S. The Kier molecular flexibility index (Phi) is 5.30. The molecule has 2 amide bonds. The Labute approximate surface area is 183 Å². The highest BCUT2D eigenvalue weighted by Gasteiger charge is 2.33. The van der Waals surface area contributed by atoms with E-state index in [4.69, 9.17) is 13.9 Å². The molecule has 7 nitrogen and oxygen atoms in total. The van der Waals surface area contributed by atoms with Crippen molar-refractivity contribution >= 4 is 29.3 Å². The summed E-state index contributed by atoms with van der Waals surface area (Å²) < 4.78 is 16.5. The predicted molar refractivity (Wildman–Crippen MR) is 116 cm³/mol. The number of thioether (sulfide) groups is 1. The number of hydrogen-bond donors (Lipinski definition) is 1. The molecule has 3 heterocycles. The third-order valence-electron chi connectivity index (χ3n) is 5.13. The SMILES string of the molecule is O=C(Nc1ccc2c(c1)OCCO2)c1ccc([C@@H]2SCC(=O)N2Cc2ccco2)cc1. The number of anilines is 1. The van der Waals surface area contributed by atoms with Crippen molar-refractivity contribution in [2.24, 2.45) is 0 Å². The molecule has 2 aliphatic heterocycles. The first-order valence-electron chi connectivity index (χ1n) is 9.92. The molecule has 158 valence electrons. The van der Waals surface area contributed by atoms with Crippen LogP contribution in [-0.2, 0) is 11.3 Å². The molecule has 1 aromatic heterocycles. The van der Waals surface area contributed by atoms with E-state index in [1.54, 1.807) is 53.3 Å². The summed E-state index contributed by atoms with van der Waals surface area (Å²) in [6.45, 7) is 1.44. The van der Waals surface area contributed by atoms with Crippen LogP contribution in [0.1, 0.15) is 27.1 Å². The molecule has 1 saturated heterocycles. The van der Waals surface area contributed by atoms with Crippen LogP contribution in [0.5, 0.6) is 11.5 Å². The number of fused-ring (bicyclic) bond motifs is 1. The van der Waals surface area contributed by atoms with Crippen LogP contribution in [0, 0.1) is 0 Å². The highest BCUT2D eigenvalue weighted by atomic mass is 32.2. The largest absolute Gasteiger partial charge is 0.486 e. The Morgan fingerprint density at radius 2 is 1.87 bits per heavy atom. The van der Waals surface area contributed by atoms with Gasteiger partial charge in [-0.15, -0.1) is 11.8 Å². The van der Waals surface area contributed by atoms with E-state index in [9.17, 15) is 9.59 Å². The Morgan fingerprint density at radius 3 is 2.65 bits per heavy atom. The maximum atomic E-state index is 12.7. The summed E-state index contributed by atoms with van der Waals surface area (Å²) in [5.74, 6) is 2.33. The summed E-state index contributed by atoms with van der Waals surface area (Å²) in [6.07, 6.45) is 1.60. The number of carbonyl (C=O) groups is 2. The average Bonchev–Trinajstić information content (AvgIpc) is 3.44. The lowest BCUT2D eigenvalue weighted by atomic mass is 10.1. The lowest BCUT2D eigenvalue weighted by Gasteiger charge is -2.23. The average molecular weight is 436 g/mol. The fraction of sp³-hybridized carbons (Fsp3) is 0.217. The number of benzene rings is 2. The molecule has 1 fully saturated rings. The van der Waals surface area contributed by atoms with E-state index < -0.39 is 0 Å². The number of hydrogen-bond acceptors (Lipinski definition) is 6. The van der Waals surface area contributed by atoms with Crippen molar-refractivity contribution in [2.75, 3.05) is 24.3 Å². The minimum Gasteiger partial charge on any atom is -0.486 e. The topological polar surface area (TPSA) is 81.0 Å². The number of amides is 2. The van der Waals surface area contributed by atoms with Crippen molar-refractivity contribution < 1.29 is 23.5 Å². The minimum atomic E-state index is -0.217. The molecule has 5 rings (SSSR count). The second-order valence-electron chi connectivity index (χ2n) is 7.20. The van der Waals surface area contributed by atoms with E-state index in [1.165, 1.54) is 0 Å². The third kappa shape index (κ3) is 4.11. The molecule has 0 unspecified atom stereocenters. The monoisotopic (exact) mass is 436 g/mol. The Hall–Kier alpha value is -3.39. The van der Waals surface area contributed by atoms with Gasteiger partial charge >= 0.3 is 0 Å². The molecule has 8 heteroatoms. The lowest BCUT2D eigenvalue weighted by molar-refractivity contribution is -0.128. The first-order valence-corrected chi connectivity index (χ1v) is 11.0. The van der Waals surface area contributed by atoms with Gasteiger partial charge in [-0.05, 0) is 42.0 Å². The maximum absolute atomic E-state index is 12.7. The first kappa shape index (κ1) is 19.6. The van der Waals surface area contributed by atoms with Gasteiger partial charge in [0.15, 0.2) is 11.5 Å². The second-order valence-corrected chi connectivity index (χ2v) is 8.27. The van der Waals surface area contributed by atoms with Crippen LogP contribution < -0.4 is 14.8 Å². The van der Waals surface area contributed by atoms with E-state index >= 15 is 0 Å². The zero-order valence-electron chi connectivity index (χ0n) is 16.6. The second kappa shape index (κ2) is 8.39. The summed E-state index contributed by atoms with van der Waals surface area (Å²) in [5.41, 5.74) is 2.14. The standard InChI is InChI=1S/C23H20N2O5S/c26-21-14-31-23(25(21)13-18-2-1-9-28-18)16-5-3-15(4-6-16)22(27)24-17-7-8-19-20(12-17)30-11-10-29-19/h1-9,12,23H,10-11,13-14H2,(H,24,27)/t23-/m0/s1. The quantitative estimate of drug-likeness (QED) is 0.649. The smallest absolute Gasteiger partial charge is 0.255 e. The molecule has 2 aliphatic rings. The zero-order valence-corrected chi connectivity index (χ0v) is 17.4. The van der Waals surface area contributed by atoms with Crippen molar-refractivity contribution in [2.45, 2.75) is 11.9 Å². The van der Waals surface area contributed by atoms with Crippen LogP contribution in [0.3, 0.4) is 0 Å². The van der Waals surface area contributed by atoms with Crippen molar-refractivity contribution in [3.05, 3.63) is 77.7 Å². The van der Waals surface area contributed by atoms with Gasteiger partial charge in [-0.1, -0.05) is 12.1 Å². The Bertz CT molecular complexity index is 1100. The van der Waals surface area contributed by atoms with Crippen molar-refractivity contribution in [3.63, 3.8) is 0 Å².